The summed E-state index contributed by atoms with van der Waals surface area (Å²) < 4.78 is 12.7. The third kappa shape index (κ3) is 11.0. The molecule has 0 amide bonds. The van der Waals surface area contributed by atoms with E-state index < -0.39 is 6.17 Å². The molecule has 4 heterocycles. The summed E-state index contributed by atoms with van der Waals surface area (Å²) in [6, 6.07) is 119. The van der Waals surface area contributed by atoms with Gasteiger partial charge in [-0.15, -0.1) is 0 Å². The van der Waals surface area contributed by atoms with Gasteiger partial charge in [0.15, 0.2) is 23.3 Å². The van der Waals surface area contributed by atoms with Crippen molar-refractivity contribution in [1.29, 1.82) is 0 Å². The van der Waals surface area contributed by atoms with E-state index in [4.69, 9.17) is 33.8 Å². The van der Waals surface area contributed by atoms with Crippen LogP contribution in [0.4, 0.5) is 0 Å². The van der Waals surface area contributed by atoms with Crippen LogP contribution in [0.25, 0.3) is 156 Å². The van der Waals surface area contributed by atoms with Crippen molar-refractivity contribution in [1.82, 2.24) is 20.3 Å². The smallest absolute Gasteiger partial charge is 0.164 e. The number of nitrogens with one attached hydrogen (secondary N) is 1. The van der Waals surface area contributed by atoms with Gasteiger partial charge in [-0.2, -0.15) is 0 Å². The van der Waals surface area contributed by atoms with Gasteiger partial charge >= 0.3 is 0 Å². The second kappa shape index (κ2) is 24.6. The Balaban J connectivity index is 0.619. The molecule has 8 nitrogen and oxygen atoms in total. The van der Waals surface area contributed by atoms with Gasteiger partial charge in [-0.05, 0) is 126 Å². The Morgan fingerprint density at radius 2 is 0.582 bits per heavy atom. The molecule has 460 valence electrons. The molecule has 0 radical (unpaired) electrons. The van der Waals surface area contributed by atoms with E-state index in [1.54, 1.807) is 0 Å². The number of aromatic nitrogens is 3. The molecule has 0 saturated heterocycles. The number of hydrogen-bond donors (Lipinski definition) is 1. The highest BCUT2D eigenvalue weighted by molar-refractivity contribution is 6.15. The summed E-state index contributed by atoms with van der Waals surface area (Å²) in [6.07, 6.45) is -0.435. The quantitative estimate of drug-likeness (QED) is 0.123. The van der Waals surface area contributed by atoms with Crippen molar-refractivity contribution in [2.75, 3.05) is 0 Å². The molecule has 3 aromatic heterocycles. The molecule has 14 aromatic carbocycles. The van der Waals surface area contributed by atoms with Crippen LogP contribution in [-0.4, -0.2) is 26.6 Å². The predicted molar refractivity (Wildman–Crippen MR) is 401 cm³/mol. The molecule has 17 aromatic rings. The highest BCUT2D eigenvalue weighted by Crippen LogP contribution is 2.40. The SMILES string of the molecule is c1ccc(-c2ccc(-c3ccc(-c4nc(-c5cccc(-c6cccc(-c7ccc(-c8cccc(-c9ccc(C%10=NC(c%11cccc(-c%12ccccc%12)c%11)=NC(c%11cccc%12oc%13ccccc%13c%11%12)N%10)cc9)c8)cc7)c6)c5)nc(-c5cccc6oc7ccccc7c56)n4)cc3)cc2)cc1. The van der Waals surface area contributed by atoms with E-state index in [9.17, 15) is 0 Å². The molecular weight excluding hydrogens is 1200 g/mol. The van der Waals surface area contributed by atoms with Gasteiger partial charge in [0.2, 0.25) is 0 Å². The molecule has 8 heteroatoms. The molecule has 1 aliphatic rings. The lowest BCUT2D eigenvalue weighted by atomic mass is 9.95. The van der Waals surface area contributed by atoms with E-state index in [0.29, 0.717) is 23.3 Å². The molecule has 0 spiro atoms. The van der Waals surface area contributed by atoms with Crippen LogP contribution in [0, 0.1) is 0 Å². The number of amidine groups is 2. The Hall–Kier alpha value is -13.2. The van der Waals surface area contributed by atoms with Crippen LogP contribution in [0.2, 0.25) is 0 Å². The van der Waals surface area contributed by atoms with Crippen molar-refractivity contribution < 1.29 is 8.83 Å². The van der Waals surface area contributed by atoms with Crippen molar-refractivity contribution in [3.63, 3.8) is 0 Å². The van der Waals surface area contributed by atoms with Crippen LogP contribution in [0.3, 0.4) is 0 Å². The topological polar surface area (TPSA) is 102 Å². The second-order valence-corrected chi connectivity index (χ2v) is 24.7. The zero-order valence-corrected chi connectivity index (χ0v) is 53.0. The summed E-state index contributed by atoms with van der Waals surface area (Å²) in [5.41, 5.74) is 24.5. The Morgan fingerprint density at radius 3 is 1.12 bits per heavy atom. The predicted octanol–water partition coefficient (Wildman–Crippen LogP) is 22.8. The van der Waals surface area contributed by atoms with E-state index in [1.807, 2.05) is 66.7 Å². The van der Waals surface area contributed by atoms with Gasteiger partial charge in [0.25, 0.3) is 0 Å². The number of rotatable bonds is 13. The number of aliphatic imine (C=N–C) groups is 2. The minimum atomic E-state index is -0.435. The van der Waals surface area contributed by atoms with Crippen LogP contribution in [0.1, 0.15) is 22.9 Å². The van der Waals surface area contributed by atoms with Crippen LogP contribution >= 0.6 is 0 Å². The number of nitrogens with zero attached hydrogens (tertiary/aromatic N) is 5. The number of hydrogen-bond acceptors (Lipinski definition) is 8. The zero-order valence-electron chi connectivity index (χ0n) is 53.0. The first-order valence-corrected chi connectivity index (χ1v) is 32.9. The van der Waals surface area contributed by atoms with Crippen LogP contribution < -0.4 is 5.32 Å². The fraction of sp³-hybridized carbons (Fsp3) is 0.0111. The summed E-state index contributed by atoms with van der Waals surface area (Å²) in [4.78, 5) is 26.3. The maximum Gasteiger partial charge on any atom is 0.164 e. The largest absolute Gasteiger partial charge is 0.456 e. The molecule has 1 aliphatic heterocycles. The normalized spacial score (nSPS) is 13.0. The molecule has 0 bridgehead atoms. The zero-order chi connectivity index (χ0) is 64.9. The van der Waals surface area contributed by atoms with Gasteiger partial charge in [0.1, 0.15) is 34.3 Å². The summed E-state index contributed by atoms with van der Waals surface area (Å²) in [5, 5.41) is 7.82. The minimum Gasteiger partial charge on any atom is -0.456 e. The van der Waals surface area contributed by atoms with Crippen molar-refractivity contribution in [3.8, 4) is 112 Å². The summed E-state index contributed by atoms with van der Waals surface area (Å²) >= 11 is 0. The first-order valence-electron chi connectivity index (χ1n) is 32.9. The Morgan fingerprint density at radius 1 is 0.245 bits per heavy atom. The molecule has 1 unspecified atom stereocenters. The van der Waals surface area contributed by atoms with Crippen molar-refractivity contribution >= 4 is 55.5 Å². The van der Waals surface area contributed by atoms with E-state index in [-0.39, 0.29) is 0 Å². The lowest BCUT2D eigenvalue weighted by Crippen LogP contribution is -2.33. The van der Waals surface area contributed by atoms with E-state index in [1.165, 1.54) is 11.1 Å². The molecule has 0 saturated carbocycles. The van der Waals surface area contributed by atoms with E-state index >= 15 is 0 Å². The van der Waals surface area contributed by atoms with E-state index in [0.717, 1.165) is 150 Å². The maximum absolute atomic E-state index is 6.37. The maximum atomic E-state index is 6.37. The number of fused-ring (bicyclic) bond motifs is 6. The minimum absolute atomic E-state index is 0.435. The van der Waals surface area contributed by atoms with Gasteiger partial charge in [-0.1, -0.05) is 291 Å². The van der Waals surface area contributed by atoms with Gasteiger partial charge in [0.05, 0.1) is 0 Å². The van der Waals surface area contributed by atoms with Crippen molar-refractivity contribution in [3.05, 3.63) is 356 Å². The third-order valence-corrected chi connectivity index (χ3v) is 18.7. The lowest BCUT2D eigenvalue weighted by Gasteiger charge is -2.24. The monoisotopic (exact) mass is 1250 g/mol. The van der Waals surface area contributed by atoms with Gasteiger partial charge in [-0.25, -0.2) is 24.9 Å². The highest BCUT2D eigenvalue weighted by Gasteiger charge is 2.26. The van der Waals surface area contributed by atoms with Gasteiger partial charge < -0.3 is 14.2 Å². The summed E-state index contributed by atoms with van der Waals surface area (Å²) in [7, 11) is 0. The molecule has 0 aliphatic carbocycles. The first kappa shape index (κ1) is 57.5. The molecular formula is C90H58N6O2. The van der Waals surface area contributed by atoms with Gasteiger partial charge in [-0.3, -0.25) is 0 Å². The average Bonchev–Trinajstić information content (AvgIpc) is 1.56. The number of benzene rings is 14. The highest BCUT2D eigenvalue weighted by atomic mass is 16.3. The number of para-hydroxylation sites is 2. The first-order chi connectivity index (χ1) is 48.5. The van der Waals surface area contributed by atoms with Crippen LogP contribution in [-0.2, 0) is 0 Å². The Labute approximate surface area is 566 Å². The van der Waals surface area contributed by atoms with Crippen LogP contribution in [0.15, 0.2) is 359 Å². The third-order valence-electron chi connectivity index (χ3n) is 18.7. The van der Waals surface area contributed by atoms with Crippen molar-refractivity contribution in [2.45, 2.75) is 6.17 Å². The lowest BCUT2D eigenvalue weighted by molar-refractivity contribution is 0.662. The number of furan rings is 2. The molecule has 98 heavy (non-hydrogen) atoms. The van der Waals surface area contributed by atoms with E-state index in [2.05, 4.69) is 278 Å². The Kier molecular flexibility index (Phi) is 14.4. The van der Waals surface area contributed by atoms with Crippen LogP contribution in [0.5, 0.6) is 0 Å². The fourth-order valence-electron chi connectivity index (χ4n) is 13.7. The molecule has 1 N–H and O–H groups in total. The second-order valence-electron chi connectivity index (χ2n) is 24.7. The van der Waals surface area contributed by atoms with Gasteiger partial charge in [0, 0.05) is 54.9 Å². The Bertz CT molecular complexity index is 5940. The standard InChI is InChI=1S/C90H58N6O2/c1-3-17-57(18-4-1)59-37-39-60(40-38-59)61-45-49-65(50-46-61)85-92-88(96-90(93-85)78-32-16-36-82-84(78)76-30-8-10-34-80(76)98-82)74-28-14-26-72(56-74)71-25-12-23-69(54-71)63-43-41-62(42-44-63)67-21-11-22-68(53-67)64-47-51-66(52-48-64)86-91-87(73-27-13-24-70(55-73)58-19-5-2-6-20-58)95-89(94-86)77-31-15-35-81-83(77)75-29-7-9-33-79(75)97-81/h1-56,89H,(H,91,94,95). The summed E-state index contributed by atoms with van der Waals surface area (Å²) in [6.45, 7) is 0. The average molecular weight is 1260 g/mol. The van der Waals surface area contributed by atoms with Crippen molar-refractivity contribution in [2.24, 2.45) is 9.98 Å². The fourth-order valence-corrected chi connectivity index (χ4v) is 13.7. The molecule has 1 atom stereocenters. The molecule has 0 fully saturated rings. The summed E-state index contributed by atoms with van der Waals surface area (Å²) in [5.74, 6) is 3.12. The molecule has 18 rings (SSSR count).